The Morgan fingerprint density at radius 3 is 2.89 bits per heavy atom. The summed E-state index contributed by atoms with van der Waals surface area (Å²) in [7, 11) is 0. The van der Waals surface area contributed by atoms with Crippen molar-refractivity contribution in [3.8, 4) is 0 Å². The number of hydrogen-bond donors (Lipinski definition) is 1. The first kappa shape index (κ1) is 15.0. The highest BCUT2D eigenvalue weighted by Gasteiger charge is 2.22. The smallest absolute Gasteiger partial charge is 0.255 e. The summed E-state index contributed by atoms with van der Waals surface area (Å²) in [4.78, 5) is 14.5. The van der Waals surface area contributed by atoms with Crippen LogP contribution in [-0.4, -0.2) is 36.5 Å². The molecule has 1 heterocycles. The van der Waals surface area contributed by atoms with E-state index in [1.54, 1.807) is 0 Å². The maximum Gasteiger partial charge on any atom is 0.255 e. The predicted molar refractivity (Wildman–Crippen MR) is 84.4 cm³/mol. The third-order valence-electron chi connectivity index (χ3n) is 3.43. The molecule has 1 unspecified atom stereocenters. The van der Waals surface area contributed by atoms with Gasteiger partial charge < -0.3 is 10.2 Å². The second-order valence-electron chi connectivity index (χ2n) is 4.76. The van der Waals surface area contributed by atoms with E-state index in [9.17, 15) is 4.79 Å². The van der Waals surface area contributed by atoms with Crippen LogP contribution in [0.4, 0.5) is 0 Å². The molecule has 1 aliphatic rings. The highest BCUT2D eigenvalue weighted by molar-refractivity contribution is 9.11. The van der Waals surface area contributed by atoms with Crippen LogP contribution in [0, 0.1) is 0 Å². The summed E-state index contributed by atoms with van der Waals surface area (Å²) in [5, 5.41) is 3.44. The molecule has 1 fully saturated rings. The molecular formula is C14H18Br2N2O. The molecule has 0 bridgehead atoms. The van der Waals surface area contributed by atoms with Crippen molar-refractivity contribution in [1.29, 1.82) is 0 Å². The zero-order chi connectivity index (χ0) is 13.8. The zero-order valence-corrected chi connectivity index (χ0v) is 14.1. The van der Waals surface area contributed by atoms with Gasteiger partial charge in [0.2, 0.25) is 0 Å². The van der Waals surface area contributed by atoms with Crippen molar-refractivity contribution in [2.24, 2.45) is 0 Å². The monoisotopic (exact) mass is 388 g/mol. The second kappa shape index (κ2) is 6.86. The lowest BCUT2D eigenvalue weighted by Crippen LogP contribution is -2.41. The van der Waals surface area contributed by atoms with Crippen molar-refractivity contribution in [3.63, 3.8) is 0 Å². The molecule has 1 aliphatic heterocycles. The molecule has 1 aromatic rings. The fraction of sp³-hybridized carbons (Fsp3) is 0.500. The van der Waals surface area contributed by atoms with Crippen LogP contribution in [0.15, 0.2) is 27.1 Å². The number of hydrogen-bond acceptors (Lipinski definition) is 2. The summed E-state index contributed by atoms with van der Waals surface area (Å²) in [6, 6.07) is 6.14. The van der Waals surface area contributed by atoms with Crippen LogP contribution in [0.2, 0.25) is 0 Å². The van der Waals surface area contributed by atoms with Gasteiger partial charge in [-0.25, -0.2) is 0 Å². The molecule has 2 rings (SSSR count). The lowest BCUT2D eigenvalue weighted by atomic mass is 10.1. The Morgan fingerprint density at radius 1 is 1.47 bits per heavy atom. The van der Waals surface area contributed by atoms with Crippen molar-refractivity contribution in [2.75, 3.05) is 19.6 Å². The molecule has 5 heteroatoms. The van der Waals surface area contributed by atoms with E-state index in [0.717, 1.165) is 35.0 Å². The van der Waals surface area contributed by atoms with Gasteiger partial charge in [0.1, 0.15) is 0 Å². The van der Waals surface area contributed by atoms with E-state index in [-0.39, 0.29) is 5.91 Å². The molecule has 104 valence electrons. The molecule has 0 spiro atoms. The average molecular weight is 390 g/mol. The fourth-order valence-electron chi connectivity index (χ4n) is 2.37. The summed E-state index contributed by atoms with van der Waals surface area (Å²) in [6.45, 7) is 4.61. The van der Waals surface area contributed by atoms with Gasteiger partial charge in [0, 0.05) is 28.1 Å². The van der Waals surface area contributed by atoms with E-state index < -0.39 is 0 Å². The lowest BCUT2D eigenvalue weighted by molar-refractivity contribution is 0.0750. The minimum Gasteiger partial charge on any atom is -0.337 e. The number of carbonyl (C=O) groups excluding carboxylic acids is 1. The first-order valence-electron chi connectivity index (χ1n) is 6.59. The SMILES string of the molecule is CCN(CC1CCCN1)C(=O)c1cc(Br)ccc1Br. The van der Waals surface area contributed by atoms with Crippen molar-refractivity contribution < 1.29 is 4.79 Å². The average Bonchev–Trinajstić information content (AvgIpc) is 2.91. The molecular weight excluding hydrogens is 372 g/mol. The van der Waals surface area contributed by atoms with Gasteiger partial charge in [-0.1, -0.05) is 15.9 Å². The van der Waals surface area contributed by atoms with Crippen LogP contribution < -0.4 is 5.32 Å². The van der Waals surface area contributed by atoms with Crippen molar-refractivity contribution in [2.45, 2.75) is 25.8 Å². The highest BCUT2D eigenvalue weighted by atomic mass is 79.9. The number of benzene rings is 1. The first-order chi connectivity index (χ1) is 9.11. The minimum atomic E-state index is 0.0874. The second-order valence-corrected chi connectivity index (χ2v) is 6.53. The minimum absolute atomic E-state index is 0.0874. The molecule has 1 saturated heterocycles. The van der Waals surface area contributed by atoms with Crippen LogP contribution in [0.3, 0.4) is 0 Å². The van der Waals surface area contributed by atoms with Crippen molar-refractivity contribution >= 4 is 37.8 Å². The standard InChI is InChI=1S/C14H18Br2N2O/c1-2-18(9-11-4-3-7-17-11)14(19)12-8-10(15)5-6-13(12)16/h5-6,8,11,17H,2-4,7,9H2,1H3. The highest BCUT2D eigenvalue weighted by Crippen LogP contribution is 2.23. The van der Waals surface area contributed by atoms with Gasteiger partial charge >= 0.3 is 0 Å². The summed E-state index contributed by atoms with van der Waals surface area (Å²) in [6.07, 6.45) is 2.36. The molecule has 1 aromatic carbocycles. The maximum absolute atomic E-state index is 12.6. The van der Waals surface area contributed by atoms with Gasteiger partial charge in [-0.15, -0.1) is 0 Å². The number of carbonyl (C=O) groups is 1. The summed E-state index contributed by atoms with van der Waals surface area (Å²) >= 11 is 6.88. The molecule has 0 aromatic heterocycles. The Labute approximate surface area is 131 Å². The molecule has 0 saturated carbocycles. The van der Waals surface area contributed by atoms with E-state index in [2.05, 4.69) is 37.2 Å². The maximum atomic E-state index is 12.6. The molecule has 1 amide bonds. The largest absolute Gasteiger partial charge is 0.337 e. The van der Waals surface area contributed by atoms with Crippen LogP contribution in [-0.2, 0) is 0 Å². The van der Waals surface area contributed by atoms with Gasteiger partial charge in [0.05, 0.1) is 5.56 Å². The molecule has 1 N–H and O–H groups in total. The normalized spacial score (nSPS) is 18.6. The number of nitrogens with one attached hydrogen (secondary N) is 1. The van der Waals surface area contributed by atoms with Crippen LogP contribution >= 0.6 is 31.9 Å². The third kappa shape index (κ3) is 3.80. The number of halogens is 2. The van der Waals surface area contributed by atoms with Gasteiger partial charge in [0.15, 0.2) is 0 Å². The van der Waals surface area contributed by atoms with Gasteiger partial charge in [-0.3, -0.25) is 4.79 Å². The fourth-order valence-corrected chi connectivity index (χ4v) is 3.14. The molecule has 0 aliphatic carbocycles. The Morgan fingerprint density at radius 2 is 2.26 bits per heavy atom. The Kier molecular flexibility index (Phi) is 5.42. The Hall–Kier alpha value is -0.390. The van der Waals surface area contributed by atoms with Gasteiger partial charge in [-0.2, -0.15) is 0 Å². The quantitative estimate of drug-likeness (QED) is 0.855. The van der Waals surface area contributed by atoms with E-state index in [1.807, 2.05) is 30.0 Å². The topological polar surface area (TPSA) is 32.3 Å². The lowest BCUT2D eigenvalue weighted by Gasteiger charge is -2.25. The number of amides is 1. The summed E-state index contributed by atoms with van der Waals surface area (Å²) in [5.74, 6) is 0.0874. The first-order valence-corrected chi connectivity index (χ1v) is 8.18. The van der Waals surface area contributed by atoms with E-state index in [1.165, 1.54) is 6.42 Å². The molecule has 19 heavy (non-hydrogen) atoms. The van der Waals surface area contributed by atoms with Crippen molar-refractivity contribution in [1.82, 2.24) is 10.2 Å². The number of rotatable bonds is 4. The predicted octanol–water partition coefficient (Wildman–Crippen LogP) is 3.43. The van der Waals surface area contributed by atoms with Crippen LogP contribution in [0.25, 0.3) is 0 Å². The molecule has 3 nitrogen and oxygen atoms in total. The van der Waals surface area contributed by atoms with E-state index in [4.69, 9.17) is 0 Å². The van der Waals surface area contributed by atoms with Gasteiger partial charge in [-0.05, 0) is 60.4 Å². The summed E-state index contributed by atoms with van der Waals surface area (Å²) < 4.78 is 1.77. The number of likely N-dealkylation sites (N-methyl/N-ethyl adjacent to an activating group) is 1. The Bertz CT molecular complexity index is 459. The Balaban J connectivity index is 2.12. The summed E-state index contributed by atoms with van der Waals surface area (Å²) in [5.41, 5.74) is 0.717. The van der Waals surface area contributed by atoms with Crippen LogP contribution in [0.5, 0.6) is 0 Å². The van der Waals surface area contributed by atoms with Gasteiger partial charge in [0.25, 0.3) is 5.91 Å². The molecule has 1 atom stereocenters. The van der Waals surface area contributed by atoms with E-state index >= 15 is 0 Å². The molecule has 0 radical (unpaired) electrons. The van der Waals surface area contributed by atoms with E-state index in [0.29, 0.717) is 11.6 Å². The van der Waals surface area contributed by atoms with Crippen molar-refractivity contribution in [3.05, 3.63) is 32.7 Å². The number of nitrogens with zero attached hydrogens (tertiary/aromatic N) is 1. The van der Waals surface area contributed by atoms with Crippen LogP contribution in [0.1, 0.15) is 30.1 Å². The third-order valence-corrected chi connectivity index (χ3v) is 4.62. The zero-order valence-electron chi connectivity index (χ0n) is 11.0.